The molecule has 0 radical (unpaired) electrons. The topological polar surface area (TPSA) is 68.5 Å². The highest BCUT2D eigenvalue weighted by atomic mass is 79.9. The molecule has 0 atom stereocenters. The van der Waals surface area contributed by atoms with E-state index in [1.165, 1.54) is 0 Å². The molecular formula is C26H22BrNO4. The number of halogens is 1. The van der Waals surface area contributed by atoms with Gasteiger partial charge in [-0.25, -0.2) is 0 Å². The van der Waals surface area contributed by atoms with Gasteiger partial charge in [0.1, 0.15) is 11.3 Å². The van der Waals surface area contributed by atoms with Crippen LogP contribution in [-0.2, 0) is 0 Å². The number of hydrogen-bond acceptors (Lipinski definition) is 4. The van der Waals surface area contributed by atoms with Gasteiger partial charge in [0.05, 0.1) is 12.3 Å². The first-order chi connectivity index (χ1) is 15.4. The van der Waals surface area contributed by atoms with E-state index >= 15 is 0 Å². The lowest BCUT2D eigenvalue weighted by molar-refractivity contribution is 0.101. The number of rotatable bonds is 7. The van der Waals surface area contributed by atoms with E-state index in [1.807, 2.05) is 18.2 Å². The standard InChI is InChI=1S/C26H22BrNO4/c1-16(2)15-31-20-13-9-18(10-14-20)26(30)28-23-21-5-3-4-6-22(21)32-25(23)24(29)17-7-11-19(27)12-8-17/h3-14,16H,15H2,1-2H3,(H,28,30). The fraction of sp³-hybridized carbons (Fsp3) is 0.154. The maximum Gasteiger partial charge on any atom is 0.255 e. The second-order valence-corrected chi connectivity index (χ2v) is 8.74. The van der Waals surface area contributed by atoms with Crippen molar-refractivity contribution < 1.29 is 18.7 Å². The van der Waals surface area contributed by atoms with Crippen LogP contribution in [0.25, 0.3) is 11.0 Å². The highest BCUT2D eigenvalue weighted by molar-refractivity contribution is 9.10. The number of amides is 1. The Morgan fingerprint density at radius 1 is 0.938 bits per heavy atom. The zero-order valence-corrected chi connectivity index (χ0v) is 19.3. The van der Waals surface area contributed by atoms with Crippen molar-refractivity contribution in [2.45, 2.75) is 13.8 Å². The number of furan rings is 1. The molecule has 0 unspecified atom stereocenters. The maximum atomic E-state index is 13.2. The van der Waals surface area contributed by atoms with E-state index < -0.39 is 0 Å². The van der Waals surface area contributed by atoms with Gasteiger partial charge in [0.2, 0.25) is 5.78 Å². The summed E-state index contributed by atoms with van der Waals surface area (Å²) >= 11 is 3.37. The quantitative estimate of drug-likeness (QED) is 0.291. The molecule has 0 saturated carbocycles. The van der Waals surface area contributed by atoms with Crippen LogP contribution in [0.4, 0.5) is 5.69 Å². The Bertz CT molecular complexity index is 1260. The van der Waals surface area contributed by atoms with Gasteiger partial charge in [-0.05, 0) is 66.6 Å². The summed E-state index contributed by atoms with van der Waals surface area (Å²) < 4.78 is 12.4. The van der Waals surface area contributed by atoms with Gasteiger partial charge in [0.15, 0.2) is 5.76 Å². The van der Waals surface area contributed by atoms with Gasteiger partial charge >= 0.3 is 0 Å². The summed E-state index contributed by atoms with van der Waals surface area (Å²) in [4.78, 5) is 26.1. The molecule has 0 bridgehead atoms. The highest BCUT2D eigenvalue weighted by Crippen LogP contribution is 2.33. The first-order valence-electron chi connectivity index (χ1n) is 10.3. The molecule has 3 aromatic carbocycles. The predicted octanol–water partition coefficient (Wildman–Crippen LogP) is 6.71. The first-order valence-corrected chi connectivity index (χ1v) is 11.1. The van der Waals surface area contributed by atoms with E-state index in [0.29, 0.717) is 46.1 Å². The first kappa shape index (κ1) is 21.8. The molecule has 4 aromatic rings. The molecule has 0 saturated heterocycles. The summed E-state index contributed by atoms with van der Waals surface area (Å²) in [6.07, 6.45) is 0. The van der Waals surface area contributed by atoms with E-state index in [2.05, 4.69) is 35.1 Å². The number of nitrogens with one attached hydrogen (secondary N) is 1. The van der Waals surface area contributed by atoms with Crippen LogP contribution in [0.15, 0.2) is 81.7 Å². The normalized spacial score (nSPS) is 11.0. The number of ether oxygens (including phenoxy) is 1. The van der Waals surface area contributed by atoms with Crippen molar-refractivity contribution in [3.63, 3.8) is 0 Å². The summed E-state index contributed by atoms with van der Waals surface area (Å²) in [5.41, 5.74) is 1.81. The lowest BCUT2D eigenvalue weighted by atomic mass is 10.1. The zero-order valence-electron chi connectivity index (χ0n) is 17.7. The van der Waals surface area contributed by atoms with Crippen molar-refractivity contribution in [3.05, 3.63) is 94.2 Å². The molecule has 0 fully saturated rings. The summed E-state index contributed by atoms with van der Waals surface area (Å²) in [6, 6.07) is 21.2. The van der Waals surface area contributed by atoms with Gasteiger partial charge in [-0.3, -0.25) is 9.59 Å². The summed E-state index contributed by atoms with van der Waals surface area (Å²) in [5.74, 6) is 0.571. The van der Waals surface area contributed by atoms with Crippen molar-refractivity contribution in [2.24, 2.45) is 5.92 Å². The SMILES string of the molecule is CC(C)COc1ccc(C(=O)Nc2c(C(=O)c3ccc(Br)cc3)oc3ccccc23)cc1. The van der Waals surface area contributed by atoms with E-state index in [1.54, 1.807) is 54.6 Å². The van der Waals surface area contributed by atoms with Crippen LogP contribution in [0.2, 0.25) is 0 Å². The fourth-order valence-corrected chi connectivity index (χ4v) is 3.48. The number of benzene rings is 3. The van der Waals surface area contributed by atoms with Crippen LogP contribution >= 0.6 is 15.9 Å². The second kappa shape index (κ2) is 9.40. The number of anilines is 1. The van der Waals surface area contributed by atoms with Crippen LogP contribution in [0, 0.1) is 5.92 Å². The minimum atomic E-state index is -0.336. The van der Waals surface area contributed by atoms with Crippen molar-refractivity contribution in [3.8, 4) is 5.75 Å². The number of ketones is 1. The number of carbonyl (C=O) groups is 2. The molecule has 32 heavy (non-hydrogen) atoms. The zero-order chi connectivity index (χ0) is 22.7. The van der Waals surface area contributed by atoms with Crippen molar-refractivity contribution in [1.82, 2.24) is 0 Å². The van der Waals surface area contributed by atoms with E-state index in [4.69, 9.17) is 9.15 Å². The molecule has 5 nitrogen and oxygen atoms in total. The van der Waals surface area contributed by atoms with Crippen LogP contribution in [0.1, 0.15) is 40.3 Å². The molecule has 0 aliphatic heterocycles. The molecule has 0 aliphatic rings. The Morgan fingerprint density at radius 2 is 1.59 bits per heavy atom. The Kier molecular flexibility index (Phi) is 6.42. The molecule has 1 aromatic heterocycles. The van der Waals surface area contributed by atoms with E-state index in [-0.39, 0.29) is 17.5 Å². The average Bonchev–Trinajstić information content (AvgIpc) is 3.16. The highest BCUT2D eigenvalue weighted by Gasteiger charge is 2.23. The molecule has 162 valence electrons. The van der Waals surface area contributed by atoms with Crippen LogP contribution in [-0.4, -0.2) is 18.3 Å². The Hall–Kier alpha value is -3.38. The molecule has 0 spiro atoms. The van der Waals surface area contributed by atoms with Gasteiger partial charge < -0.3 is 14.5 Å². The third kappa shape index (κ3) is 4.75. The molecule has 1 heterocycles. The minimum Gasteiger partial charge on any atom is -0.493 e. The number of carbonyl (C=O) groups excluding carboxylic acids is 2. The predicted molar refractivity (Wildman–Crippen MR) is 129 cm³/mol. The van der Waals surface area contributed by atoms with Crippen molar-refractivity contribution in [1.29, 1.82) is 0 Å². The molecular weight excluding hydrogens is 470 g/mol. The van der Waals surface area contributed by atoms with Gasteiger partial charge in [0.25, 0.3) is 5.91 Å². The van der Waals surface area contributed by atoms with Gasteiger partial charge in [-0.15, -0.1) is 0 Å². The third-order valence-electron chi connectivity index (χ3n) is 4.85. The van der Waals surface area contributed by atoms with Gasteiger partial charge in [-0.1, -0.05) is 41.9 Å². The van der Waals surface area contributed by atoms with Gasteiger partial charge in [-0.2, -0.15) is 0 Å². The summed E-state index contributed by atoms with van der Waals surface area (Å²) in [5, 5.41) is 3.54. The van der Waals surface area contributed by atoms with Gasteiger partial charge in [0, 0.05) is 21.0 Å². The number of para-hydroxylation sites is 1. The molecule has 1 N–H and O–H groups in total. The third-order valence-corrected chi connectivity index (χ3v) is 5.38. The van der Waals surface area contributed by atoms with Crippen molar-refractivity contribution in [2.75, 3.05) is 11.9 Å². The molecule has 4 rings (SSSR count). The van der Waals surface area contributed by atoms with Crippen molar-refractivity contribution >= 4 is 44.3 Å². The Labute approximate surface area is 194 Å². The Morgan fingerprint density at radius 3 is 2.28 bits per heavy atom. The van der Waals surface area contributed by atoms with E-state index in [0.717, 1.165) is 4.47 Å². The minimum absolute atomic E-state index is 0.0961. The fourth-order valence-electron chi connectivity index (χ4n) is 3.21. The molecule has 1 amide bonds. The molecule has 0 aliphatic carbocycles. The van der Waals surface area contributed by atoms with Crippen LogP contribution in [0.5, 0.6) is 5.75 Å². The smallest absolute Gasteiger partial charge is 0.255 e. The second-order valence-electron chi connectivity index (χ2n) is 7.82. The number of fused-ring (bicyclic) bond motifs is 1. The summed E-state index contributed by atoms with van der Waals surface area (Å²) in [6.45, 7) is 4.75. The van der Waals surface area contributed by atoms with Crippen LogP contribution < -0.4 is 10.1 Å². The lowest BCUT2D eigenvalue weighted by Gasteiger charge is -2.10. The lowest BCUT2D eigenvalue weighted by Crippen LogP contribution is -2.14. The van der Waals surface area contributed by atoms with E-state index in [9.17, 15) is 9.59 Å². The maximum absolute atomic E-state index is 13.2. The molecule has 6 heteroatoms. The Balaban J connectivity index is 1.63. The number of hydrogen-bond donors (Lipinski definition) is 1. The largest absolute Gasteiger partial charge is 0.493 e. The average molecular weight is 492 g/mol. The summed E-state index contributed by atoms with van der Waals surface area (Å²) in [7, 11) is 0. The monoisotopic (exact) mass is 491 g/mol. The van der Waals surface area contributed by atoms with Crippen LogP contribution in [0.3, 0.4) is 0 Å².